The summed E-state index contributed by atoms with van der Waals surface area (Å²) in [7, 11) is 0. The minimum atomic E-state index is -0.114. The van der Waals surface area contributed by atoms with Gasteiger partial charge in [0.15, 0.2) is 0 Å². The third kappa shape index (κ3) is 4.59. The Kier molecular flexibility index (Phi) is 6.34. The molecule has 0 unspecified atom stereocenters. The second-order valence-corrected chi connectivity index (χ2v) is 8.63. The molecular formula is C20H23N3O2S2. The maximum Gasteiger partial charge on any atom is 0.262 e. The van der Waals surface area contributed by atoms with Crippen LogP contribution in [0.4, 0.5) is 5.69 Å². The third-order valence-electron chi connectivity index (χ3n) is 4.57. The van der Waals surface area contributed by atoms with Gasteiger partial charge in [-0.3, -0.25) is 14.2 Å². The average Bonchev–Trinajstić information content (AvgIpc) is 2.95. The van der Waals surface area contributed by atoms with E-state index in [9.17, 15) is 9.59 Å². The average molecular weight is 402 g/mol. The van der Waals surface area contributed by atoms with E-state index in [1.54, 1.807) is 0 Å². The zero-order valence-electron chi connectivity index (χ0n) is 15.7. The van der Waals surface area contributed by atoms with E-state index in [1.807, 2.05) is 49.9 Å². The Labute approximate surface area is 166 Å². The lowest BCUT2D eigenvalue weighted by atomic mass is 10.1. The van der Waals surface area contributed by atoms with Gasteiger partial charge in [0.25, 0.3) is 5.56 Å². The van der Waals surface area contributed by atoms with Gasteiger partial charge in [0.1, 0.15) is 4.83 Å². The number of rotatable bonds is 7. The van der Waals surface area contributed by atoms with E-state index < -0.39 is 0 Å². The number of nitrogens with one attached hydrogen (secondary N) is 1. The second-order valence-electron chi connectivity index (χ2n) is 6.44. The number of thioether (sulfide) groups is 1. The quantitative estimate of drug-likeness (QED) is 0.650. The predicted molar refractivity (Wildman–Crippen MR) is 115 cm³/mol. The molecule has 3 rings (SSSR count). The number of aromatic nitrogens is 2. The topological polar surface area (TPSA) is 64.0 Å². The Morgan fingerprint density at radius 2 is 2.00 bits per heavy atom. The molecule has 2 aromatic heterocycles. The van der Waals surface area contributed by atoms with Gasteiger partial charge in [0.2, 0.25) is 5.91 Å². The Balaban J connectivity index is 1.62. The van der Waals surface area contributed by atoms with E-state index in [2.05, 4.69) is 16.6 Å². The SMILES string of the molecule is CSCCc1ccc(NC(=O)CCn2cnc3sc(C)c(C)c3c2=O)cc1. The van der Waals surface area contributed by atoms with Crippen LogP contribution in [-0.4, -0.2) is 27.5 Å². The number of carbonyl (C=O) groups excluding carboxylic acids is 1. The van der Waals surface area contributed by atoms with Crippen LogP contribution in [-0.2, 0) is 17.8 Å². The first-order valence-electron chi connectivity index (χ1n) is 8.82. The van der Waals surface area contributed by atoms with Gasteiger partial charge in [0.05, 0.1) is 11.7 Å². The van der Waals surface area contributed by atoms with Crippen LogP contribution < -0.4 is 10.9 Å². The highest BCUT2D eigenvalue weighted by Gasteiger charge is 2.12. The van der Waals surface area contributed by atoms with Gasteiger partial charge >= 0.3 is 0 Å². The number of nitrogens with zero attached hydrogens (tertiary/aromatic N) is 2. The lowest BCUT2D eigenvalue weighted by Gasteiger charge is -2.08. The van der Waals surface area contributed by atoms with Crippen molar-refractivity contribution in [2.45, 2.75) is 33.2 Å². The first-order chi connectivity index (χ1) is 13.0. The first-order valence-corrected chi connectivity index (χ1v) is 11.0. The molecule has 142 valence electrons. The summed E-state index contributed by atoms with van der Waals surface area (Å²) >= 11 is 3.35. The van der Waals surface area contributed by atoms with Crippen molar-refractivity contribution in [1.82, 2.24) is 9.55 Å². The number of amides is 1. The highest BCUT2D eigenvalue weighted by atomic mass is 32.2. The number of carbonyl (C=O) groups is 1. The van der Waals surface area contributed by atoms with Crippen molar-refractivity contribution < 1.29 is 4.79 Å². The van der Waals surface area contributed by atoms with Crippen molar-refractivity contribution in [2.75, 3.05) is 17.3 Å². The van der Waals surface area contributed by atoms with Crippen molar-refractivity contribution in [3.05, 3.63) is 57.0 Å². The minimum absolute atomic E-state index is 0.0761. The van der Waals surface area contributed by atoms with E-state index in [-0.39, 0.29) is 17.9 Å². The monoisotopic (exact) mass is 401 g/mol. The fourth-order valence-electron chi connectivity index (χ4n) is 2.85. The van der Waals surface area contributed by atoms with Crippen LogP contribution in [0.1, 0.15) is 22.4 Å². The fraction of sp³-hybridized carbons (Fsp3) is 0.350. The molecule has 3 aromatic rings. The van der Waals surface area contributed by atoms with Crippen LogP contribution in [0.25, 0.3) is 10.2 Å². The summed E-state index contributed by atoms with van der Waals surface area (Å²) in [6, 6.07) is 7.92. The summed E-state index contributed by atoms with van der Waals surface area (Å²) in [5, 5.41) is 3.56. The van der Waals surface area contributed by atoms with Gasteiger partial charge in [-0.15, -0.1) is 11.3 Å². The molecule has 0 bridgehead atoms. The molecule has 5 nitrogen and oxygen atoms in total. The minimum Gasteiger partial charge on any atom is -0.326 e. The van der Waals surface area contributed by atoms with Gasteiger partial charge in [-0.05, 0) is 55.5 Å². The Bertz CT molecular complexity index is 1010. The number of thiophene rings is 1. The standard InChI is InChI=1S/C20H23N3O2S2/c1-13-14(2)27-19-18(13)20(25)23(12-21-19)10-8-17(24)22-16-6-4-15(5-7-16)9-11-26-3/h4-7,12H,8-11H2,1-3H3,(H,22,24). The molecule has 1 amide bonds. The Hall–Kier alpha value is -2.12. The molecule has 0 atom stereocenters. The molecular weight excluding hydrogens is 378 g/mol. The molecule has 0 saturated heterocycles. The van der Waals surface area contributed by atoms with E-state index >= 15 is 0 Å². The Morgan fingerprint density at radius 3 is 2.70 bits per heavy atom. The van der Waals surface area contributed by atoms with Crippen LogP contribution in [0.5, 0.6) is 0 Å². The molecule has 1 N–H and O–H groups in total. The molecule has 0 fully saturated rings. The molecule has 1 aromatic carbocycles. The van der Waals surface area contributed by atoms with Crippen molar-refractivity contribution in [1.29, 1.82) is 0 Å². The Morgan fingerprint density at radius 1 is 1.26 bits per heavy atom. The molecule has 2 heterocycles. The molecule has 0 aliphatic rings. The first kappa shape index (κ1) is 19.6. The highest BCUT2D eigenvalue weighted by molar-refractivity contribution is 7.98. The summed E-state index contributed by atoms with van der Waals surface area (Å²) in [5.41, 5.74) is 2.94. The van der Waals surface area contributed by atoms with E-state index in [0.717, 1.165) is 33.1 Å². The highest BCUT2D eigenvalue weighted by Crippen LogP contribution is 2.25. The number of benzene rings is 1. The van der Waals surface area contributed by atoms with E-state index in [1.165, 1.54) is 27.8 Å². The van der Waals surface area contributed by atoms with E-state index in [4.69, 9.17) is 0 Å². The summed E-state index contributed by atoms with van der Waals surface area (Å²) in [4.78, 5) is 31.1. The van der Waals surface area contributed by atoms with Crippen LogP contribution in [0.3, 0.4) is 0 Å². The van der Waals surface area contributed by atoms with Crippen LogP contribution >= 0.6 is 23.1 Å². The van der Waals surface area contributed by atoms with Crippen molar-refractivity contribution >= 4 is 44.9 Å². The molecule has 0 spiro atoms. The van der Waals surface area contributed by atoms with Crippen molar-refractivity contribution in [2.24, 2.45) is 0 Å². The summed E-state index contributed by atoms with van der Waals surface area (Å²) in [5.74, 6) is 0.971. The maximum absolute atomic E-state index is 12.7. The van der Waals surface area contributed by atoms with Gasteiger partial charge in [0, 0.05) is 23.5 Å². The smallest absolute Gasteiger partial charge is 0.262 e. The number of hydrogen-bond acceptors (Lipinski definition) is 5. The zero-order chi connectivity index (χ0) is 19.4. The molecule has 0 radical (unpaired) electrons. The molecule has 0 aliphatic carbocycles. The summed E-state index contributed by atoms with van der Waals surface area (Å²) in [6.45, 7) is 4.25. The third-order valence-corrected chi connectivity index (χ3v) is 6.30. The molecule has 0 aliphatic heterocycles. The number of anilines is 1. The van der Waals surface area contributed by atoms with Crippen molar-refractivity contribution in [3.63, 3.8) is 0 Å². The molecule has 7 heteroatoms. The normalized spacial score (nSPS) is 11.1. The lowest BCUT2D eigenvalue weighted by molar-refractivity contribution is -0.116. The fourth-order valence-corrected chi connectivity index (χ4v) is 4.28. The van der Waals surface area contributed by atoms with Crippen molar-refractivity contribution in [3.8, 4) is 0 Å². The van der Waals surface area contributed by atoms with Crippen LogP contribution in [0.15, 0.2) is 35.4 Å². The van der Waals surface area contributed by atoms with Gasteiger partial charge < -0.3 is 5.32 Å². The zero-order valence-corrected chi connectivity index (χ0v) is 17.4. The number of fused-ring (bicyclic) bond motifs is 1. The summed E-state index contributed by atoms with van der Waals surface area (Å²) < 4.78 is 1.52. The van der Waals surface area contributed by atoms with Gasteiger partial charge in [-0.25, -0.2) is 4.98 Å². The van der Waals surface area contributed by atoms with Gasteiger partial charge in [-0.2, -0.15) is 11.8 Å². The molecule has 27 heavy (non-hydrogen) atoms. The molecule has 0 saturated carbocycles. The maximum atomic E-state index is 12.7. The van der Waals surface area contributed by atoms with E-state index in [0.29, 0.717) is 11.9 Å². The number of hydrogen-bond donors (Lipinski definition) is 1. The summed E-state index contributed by atoms with van der Waals surface area (Å²) in [6.07, 6.45) is 4.88. The second kappa shape index (κ2) is 8.71. The number of aryl methyl sites for hydroxylation is 4. The van der Waals surface area contributed by atoms with Crippen LogP contribution in [0, 0.1) is 13.8 Å². The van der Waals surface area contributed by atoms with Gasteiger partial charge in [-0.1, -0.05) is 12.1 Å². The lowest BCUT2D eigenvalue weighted by Crippen LogP contribution is -2.23. The largest absolute Gasteiger partial charge is 0.326 e. The predicted octanol–water partition coefficient (Wildman–Crippen LogP) is 4.01. The van der Waals surface area contributed by atoms with Crippen LogP contribution in [0.2, 0.25) is 0 Å².